The number of nitrogens with one attached hydrogen (secondary N) is 2. The number of likely N-dealkylation sites (N-methyl/N-ethyl adjacent to an activating group) is 1. The Morgan fingerprint density at radius 1 is 0.977 bits per heavy atom. The topological polar surface area (TPSA) is 94.1 Å². The summed E-state index contributed by atoms with van der Waals surface area (Å²) in [6.07, 6.45) is 3.63. The molecule has 8 nitrogen and oxygen atoms in total. The maximum atomic E-state index is 13.4. The van der Waals surface area contributed by atoms with Crippen molar-refractivity contribution in [3.8, 4) is 0 Å². The highest BCUT2D eigenvalue weighted by atomic mass is 32.2. The van der Waals surface area contributed by atoms with Crippen LogP contribution in [0.15, 0.2) is 88.1 Å². The number of anilines is 3. The molecule has 0 radical (unpaired) electrons. The van der Waals surface area contributed by atoms with Gasteiger partial charge in [0, 0.05) is 60.6 Å². The Balaban J connectivity index is 1.13. The lowest BCUT2D eigenvalue weighted by molar-refractivity contribution is -0.115. The van der Waals surface area contributed by atoms with Crippen LogP contribution < -0.4 is 15.5 Å². The summed E-state index contributed by atoms with van der Waals surface area (Å²) in [4.78, 5) is 48.8. The minimum absolute atomic E-state index is 0.180. The van der Waals surface area contributed by atoms with Gasteiger partial charge in [0.1, 0.15) is 5.92 Å². The largest absolute Gasteiger partial charge is 0.369 e. The van der Waals surface area contributed by atoms with Gasteiger partial charge in [0.15, 0.2) is 5.78 Å². The van der Waals surface area contributed by atoms with Crippen LogP contribution >= 0.6 is 23.1 Å². The Kier molecular flexibility index (Phi) is 8.42. The third kappa shape index (κ3) is 6.41. The monoisotopic (exact) mass is 609 g/mol. The summed E-state index contributed by atoms with van der Waals surface area (Å²) in [5, 5.41) is 5.78. The molecule has 6 rings (SSSR count). The van der Waals surface area contributed by atoms with Gasteiger partial charge in [-0.25, -0.2) is 0 Å². The van der Waals surface area contributed by atoms with E-state index in [0.29, 0.717) is 27.4 Å². The van der Waals surface area contributed by atoms with Gasteiger partial charge >= 0.3 is 0 Å². The number of aliphatic imine (C=N–C) groups is 1. The van der Waals surface area contributed by atoms with Crippen molar-refractivity contribution in [2.24, 2.45) is 4.99 Å². The van der Waals surface area contributed by atoms with Crippen molar-refractivity contribution in [3.05, 3.63) is 100 Å². The van der Waals surface area contributed by atoms with E-state index in [1.165, 1.54) is 17.0 Å². The number of thiophene rings is 1. The first-order valence-electron chi connectivity index (χ1n) is 14.0. The summed E-state index contributed by atoms with van der Waals surface area (Å²) in [7, 11) is 2.14. The van der Waals surface area contributed by atoms with Crippen LogP contribution in [0.4, 0.5) is 22.7 Å². The second kappa shape index (κ2) is 12.5. The fourth-order valence-electron chi connectivity index (χ4n) is 5.20. The van der Waals surface area contributed by atoms with Gasteiger partial charge in [-0.05, 0) is 73.5 Å². The van der Waals surface area contributed by atoms with Gasteiger partial charge in [-0.15, -0.1) is 23.1 Å². The number of carbonyl (C=O) groups is 3. The highest BCUT2D eigenvalue weighted by molar-refractivity contribution is 8.00. The third-order valence-electron chi connectivity index (χ3n) is 7.67. The van der Waals surface area contributed by atoms with Crippen molar-refractivity contribution in [3.63, 3.8) is 0 Å². The number of benzene rings is 3. The fourth-order valence-corrected chi connectivity index (χ4v) is 6.64. The van der Waals surface area contributed by atoms with Crippen molar-refractivity contribution in [1.82, 2.24) is 4.90 Å². The molecule has 3 aromatic carbocycles. The summed E-state index contributed by atoms with van der Waals surface area (Å²) in [6, 6.07) is 23.9. The van der Waals surface area contributed by atoms with Gasteiger partial charge in [-0.2, -0.15) is 0 Å². The highest BCUT2D eigenvalue weighted by Gasteiger charge is 2.30. The van der Waals surface area contributed by atoms with Crippen LogP contribution in [0.2, 0.25) is 0 Å². The van der Waals surface area contributed by atoms with Crippen LogP contribution in [0.1, 0.15) is 37.1 Å². The van der Waals surface area contributed by atoms with Crippen molar-refractivity contribution < 1.29 is 14.4 Å². The van der Waals surface area contributed by atoms with Crippen molar-refractivity contribution in [2.75, 3.05) is 55.0 Å². The van der Waals surface area contributed by atoms with Crippen molar-refractivity contribution >= 4 is 69.7 Å². The molecule has 43 heavy (non-hydrogen) atoms. The lowest BCUT2D eigenvalue weighted by Gasteiger charge is -2.34. The van der Waals surface area contributed by atoms with E-state index >= 15 is 0 Å². The van der Waals surface area contributed by atoms with Gasteiger partial charge < -0.3 is 20.4 Å². The average molecular weight is 610 g/mol. The number of piperazine rings is 1. The van der Waals surface area contributed by atoms with Gasteiger partial charge in [0.2, 0.25) is 5.91 Å². The molecule has 2 aliphatic heterocycles. The first-order valence-corrected chi connectivity index (χ1v) is 16.0. The van der Waals surface area contributed by atoms with Crippen LogP contribution in [0, 0.1) is 0 Å². The summed E-state index contributed by atoms with van der Waals surface area (Å²) < 4.78 is 1.06. The van der Waals surface area contributed by atoms with Crippen molar-refractivity contribution in [2.45, 2.75) is 10.1 Å². The molecule has 10 heteroatoms. The number of amides is 2. The lowest BCUT2D eigenvalue weighted by atomic mass is 9.97. The Bertz CT molecular complexity index is 1710. The zero-order valence-electron chi connectivity index (χ0n) is 23.9. The summed E-state index contributed by atoms with van der Waals surface area (Å²) in [5.41, 5.74) is 4.76. The fraction of sp³-hybridized carbons (Fsp3) is 0.212. The minimum Gasteiger partial charge on any atom is -0.369 e. The molecular formula is C33H31N5O3S2. The second-order valence-corrected chi connectivity index (χ2v) is 12.7. The molecule has 0 spiro atoms. The lowest BCUT2D eigenvalue weighted by Crippen LogP contribution is -2.44. The predicted octanol–water partition coefficient (Wildman–Crippen LogP) is 6.14. The van der Waals surface area contributed by atoms with E-state index in [0.717, 1.165) is 41.6 Å². The third-order valence-corrected chi connectivity index (χ3v) is 9.84. The van der Waals surface area contributed by atoms with Gasteiger partial charge in [-0.1, -0.05) is 24.3 Å². The molecule has 0 aliphatic carbocycles. The van der Waals surface area contributed by atoms with Crippen molar-refractivity contribution in [1.29, 1.82) is 0 Å². The molecule has 0 bridgehead atoms. The van der Waals surface area contributed by atoms with E-state index in [1.807, 2.05) is 24.5 Å². The molecule has 1 fully saturated rings. The molecule has 218 valence electrons. The molecule has 2 aliphatic rings. The predicted molar refractivity (Wildman–Crippen MR) is 176 cm³/mol. The SMILES string of the molecule is CSc1ccc(C(=O)Nc2cccc(C(=O)c3ccc4c(c3)NC(=O)C4C=Nc3ccc(N4CCN(C)CC4)cc3)c2)s1. The van der Waals surface area contributed by atoms with Gasteiger partial charge in [-0.3, -0.25) is 19.4 Å². The first-order chi connectivity index (χ1) is 20.9. The molecule has 0 saturated carbocycles. The Morgan fingerprint density at radius 2 is 1.74 bits per heavy atom. The van der Waals surface area contributed by atoms with E-state index in [1.54, 1.807) is 66.5 Å². The Morgan fingerprint density at radius 3 is 2.49 bits per heavy atom. The zero-order valence-corrected chi connectivity index (χ0v) is 25.5. The number of thioether (sulfide) groups is 1. The van der Waals surface area contributed by atoms with E-state index in [-0.39, 0.29) is 17.6 Å². The van der Waals surface area contributed by atoms with Crippen LogP contribution in [0.5, 0.6) is 0 Å². The van der Waals surface area contributed by atoms with Gasteiger partial charge in [0.25, 0.3) is 5.91 Å². The number of fused-ring (bicyclic) bond motifs is 1. The number of ketones is 1. The van der Waals surface area contributed by atoms with E-state index in [9.17, 15) is 14.4 Å². The number of carbonyl (C=O) groups excluding carboxylic acids is 3. The van der Waals surface area contributed by atoms with E-state index in [2.05, 4.69) is 44.6 Å². The van der Waals surface area contributed by atoms with Crippen LogP contribution in [-0.2, 0) is 4.79 Å². The zero-order chi connectivity index (χ0) is 29.9. The van der Waals surface area contributed by atoms with E-state index < -0.39 is 5.92 Å². The second-order valence-electron chi connectivity index (χ2n) is 10.5. The standard InChI is InChI=1S/C33H31N5O3S2/c1-37-14-16-38(17-15-37)25-9-7-23(8-10-25)34-20-27-26-11-6-22(19-28(26)36-32(27)40)31(39)21-4-3-5-24(18-21)35-33(41)29-12-13-30(42-2)43-29/h3-13,18-20,27H,14-17H2,1-2H3,(H,35,41)(H,36,40). The Hall–Kier alpha value is -4.25. The molecular weight excluding hydrogens is 579 g/mol. The number of nitrogens with zero attached hydrogens (tertiary/aromatic N) is 3. The highest BCUT2D eigenvalue weighted by Crippen LogP contribution is 2.34. The molecule has 1 atom stereocenters. The molecule has 2 N–H and O–H groups in total. The average Bonchev–Trinajstić information content (AvgIpc) is 3.64. The molecule has 1 unspecified atom stereocenters. The molecule has 2 amide bonds. The summed E-state index contributed by atoms with van der Waals surface area (Å²) in [6.45, 7) is 4.09. The Labute approximate surface area is 258 Å². The summed E-state index contributed by atoms with van der Waals surface area (Å²) in [5.74, 6) is -1.14. The number of hydrogen-bond acceptors (Lipinski definition) is 8. The minimum atomic E-state index is -0.543. The number of hydrogen-bond donors (Lipinski definition) is 2. The summed E-state index contributed by atoms with van der Waals surface area (Å²) >= 11 is 3.01. The number of rotatable bonds is 8. The van der Waals surface area contributed by atoms with E-state index in [4.69, 9.17) is 0 Å². The van der Waals surface area contributed by atoms with Crippen LogP contribution in [0.3, 0.4) is 0 Å². The molecule has 1 saturated heterocycles. The normalized spacial score (nSPS) is 16.7. The quantitative estimate of drug-likeness (QED) is 0.142. The van der Waals surface area contributed by atoms with Crippen LogP contribution in [0.25, 0.3) is 0 Å². The van der Waals surface area contributed by atoms with Crippen LogP contribution in [-0.4, -0.2) is 68.2 Å². The maximum Gasteiger partial charge on any atom is 0.265 e. The molecule has 3 heterocycles. The smallest absolute Gasteiger partial charge is 0.265 e. The first kappa shape index (κ1) is 28.9. The molecule has 4 aromatic rings. The maximum absolute atomic E-state index is 13.4. The molecule has 1 aromatic heterocycles. The van der Waals surface area contributed by atoms with Gasteiger partial charge in [0.05, 0.1) is 14.8 Å².